The molecule has 0 aliphatic carbocycles. The van der Waals surface area contributed by atoms with E-state index in [1.807, 2.05) is 13.8 Å². The van der Waals surface area contributed by atoms with Gasteiger partial charge in [-0.15, -0.1) is 0 Å². The second kappa shape index (κ2) is 37.7. The molecule has 0 spiro atoms. The molecule has 0 bridgehead atoms. The molecule has 454 valence electrons. The Labute approximate surface area is 463 Å². The zero-order valence-electron chi connectivity index (χ0n) is 45.8. The van der Waals surface area contributed by atoms with E-state index in [2.05, 4.69) is 42.5 Å². The van der Waals surface area contributed by atoms with Gasteiger partial charge in [-0.25, -0.2) is 4.79 Å². The Balaban J connectivity index is 3.44. The van der Waals surface area contributed by atoms with Crippen molar-refractivity contribution in [3.8, 4) is 0 Å². The second-order valence-corrected chi connectivity index (χ2v) is 20.0. The zero-order chi connectivity index (χ0) is 60.6. The summed E-state index contributed by atoms with van der Waals surface area (Å²) >= 11 is 0. The average molecular weight is 1140 g/mol. The Morgan fingerprint density at radius 3 is 1.45 bits per heavy atom. The molecular weight excluding hydrogens is 1060 g/mol. The van der Waals surface area contributed by atoms with Crippen LogP contribution in [0, 0.1) is 5.92 Å². The van der Waals surface area contributed by atoms with E-state index >= 15 is 0 Å². The molecule has 0 aromatic rings. The third-order valence-corrected chi connectivity index (χ3v) is 12.7. The Hall–Kier alpha value is -7.09. The third-order valence-electron chi connectivity index (χ3n) is 12.7. The minimum Gasteiger partial charge on any atom is -0.481 e. The maximum atomic E-state index is 14.2. The van der Waals surface area contributed by atoms with Crippen molar-refractivity contribution in [1.82, 2.24) is 47.4 Å². The number of hydrogen-bond donors (Lipinski definition) is 17. The van der Waals surface area contributed by atoms with Crippen LogP contribution < -0.4 is 71.2 Å². The topological polar surface area (TPSA) is 532 Å². The van der Waals surface area contributed by atoms with E-state index in [-0.39, 0.29) is 64.1 Å². The highest BCUT2D eigenvalue weighted by atomic mass is 16.4. The predicted molar refractivity (Wildman–Crippen MR) is 284 cm³/mol. The molecule has 1 rings (SSSR count). The van der Waals surface area contributed by atoms with E-state index in [0.29, 0.717) is 45.1 Å². The van der Waals surface area contributed by atoms with Gasteiger partial charge in [-0.2, -0.15) is 0 Å². The number of unbranched alkanes of at least 4 members (excludes halogenated alkanes) is 3. The van der Waals surface area contributed by atoms with Gasteiger partial charge in [0.05, 0.1) is 25.1 Å². The molecule has 1 aliphatic rings. The van der Waals surface area contributed by atoms with Crippen LogP contribution in [0.15, 0.2) is 0 Å². The molecule has 10 amide bonds. The van der Waals surface area contributed by atoms with Gasteiger partial charge in [-0.1, -0.05) is 13.8 Å². The number of carbonyl (C=O) groups excluding carboxylic acids is 10. The molecule has 80 heavy (non-hydrogen) atoms. The molecule has 1 aliphatic heterocycles. The summed E-state index contributed by atoms with van der Waals surface area (Å²) in [5.74, 6) is -14.0. The number of carboxylic acid groups (broad SMARTS) is 3. The van der Waals surface area contributed by atoms with Gasteiger partial charge in [0.2, 0.25) is 59.1 Å². The number of amides is 10. The molecule has 1 heterocycles. The minimum atomic E-state index is -1.94. The number of aliphatic hydroxyl groups is 1. The first-order valence-corrected chi connectivity index (χ1v) is 26.9. The van der Waals surface area contributed by atoms with E-state index in [9.17, 15) is 82.8 Å². The van der Waals surface area contributed by atoms with Gasteiger partial charge in [0, 0.05) is 19.4 Å². The molecule has 0 aromatic heterocycles. The van der Waals surface area contributed by atoms with Crippen molar-refractivity contribution in [2.75, 3.05) is 32.7 Å². The quantitative estimate of drug-likeness (QED) is 0.0254. The van der Waals surface area contributed by atoms with E-state index in [1.54, 1.807) is 0 Å². The number of aliphatic hydroxyl groups excluding tert-OH is 1. The van der Waals surface area contributed by atoms with E-state index < -0.39 is 176 Å². The normalized spacial score (nSPS) is 16.4. The Kier molecular flexibility index (Phi) is 33.4. The fourth-order valence-electron chi connectivity index (χ4n) is 8.42. The Morgan fingerprint density at radius 2 is 0.988 bits per heavy atom. The van der Waals surface area contributed by atoms with Crippen molar-refractivity contribution < 1.29 is 82.8 Å². The van der Waals surface area contributed by atoms with Crippen LogP contribution in [0.25, 0.3) is 0 Å². The summed E-state index contributed by atoms with van der Waals surface area (Å²) in [6.45, 7) is 4.69. The van der Waals surface area contributed by atoms with Gasteiger partial charge < -0.3 is 96.5 Å². The molecule has 1 fully saturated rings. The van der Waals surface area contributed by atoms with Crippen LogP contribution in [0.4, 0.5) is 0 Å². The van der Waals surface area contributed by atoms with E-state index in [1.165, 1.54) is 0 Å². The molecule has 22 N–H and O–H groups in total. The van der Waals surface area contributed by atoms with Gasteiger partial charge in [-0.05, 0) is 122 Å². The van der Waals surface area contributed by atoms with Crippen molar-refractivity contribution in [3.63, 3.8) is 0 Å². The highest BCUT2D eigenvalue weighted by Crippen LogP contribution is 2.21. The number of carbonyl (C=O) groups is 13. The molecule has 10 atom stereocenters. The first-order chi connectivity index (χ1) is 37.7. The molecule has 0 unspecified atom stereocenters. The molecule has 31 nitrogen and oxygen atoms in total. The Morgan fingerprint density at radius 1 is 0.550 bits per heavy atom. The van der Waals surface area contributed by atoms with Crippen LogP contribution in [0.3, 0.4) is 0 Å². The lowest BCUT2D eigenvalue weighted by atomic mass is 10.0. The van der Waals surface area contributed by atoms with Crippen molar-refractivity contribution >= 4 is 77.0 Å². The van der Waals surface area contributed by atoms with Crippen molar-refractivity contribution in [1.29, 1.82) is 0 Å². The molecular formula is C49H86N14O17. The number of nitrogens with zero attached hydrogens (tertiary/aromatic N) is 1. The minimum absolute atomic E-state index is 0.0387. The van der Waals surface area contributed by atoms with Gasteiger partial charge >= 0.3 is 17.9 Å². The van der Waals surface area contributed by atoms with Crippen molar-refractivity contribution in [2.24, 2.45) is 34.6 Å². The number of aliphatic carboxylic acids is 3. The maximum Gasteiger partial charge on any atom is 0.326 e. The first kappa shape index (κ1) is 70.9. The summed E-state index contributed by atoms with van der Waals surface area (Å²) in [5.41, 5.74) is 28.2. The number of nitrogens with one attached hydrogen (secondary N) is 8. The summed E-state index contributed by atoms with van der Waals surface area (Å²) < 4.78 is 0. The molecule has 0 saturated carbocycles. The van der Waals surface area contributed by atoms with Crippen LogP contribution in [0.2, 0.25) is 0 Å². The largest absolute Gasteiger partial charge is 0.481 e. The smallest absolute Gasteiger partial charge is 0.326 e. The maximum absolute atomic E-state index is 14.2. The van der Waals surface area contributed by atoms with Gasteiger partial charge in [0.1, 0.15) is 48.3 Å². The van der Waals surface area contributed by atoms with Gasteiger partial charge in [-0.3, -0.25) is 57.5 Å². The number of nitrogens with two attached hydrogens (primary N) is 5. The third kappa shape index (κ3) is 27.2. The van der Waals surface area contributed by atoms with Gasteiger partial charge in [0.15, 0.2) is 0 Å². The zero-order valence-corrected chi connectivity index (χ0v) is 45.8. The van der Waals surface area contributed by atoms with Crippen LogP contribution in [0.1, 0.15) is 130 Å². The SMILES string of the molecule is CC(C)C[C@H](N)C(=O)NCC(=O)N[C@@H](CCC(=O)O)C(=O)N[C@@H](CCCCN)C(=O)N[C@H](C(=O)N[C@@H](CCC(=O)O)C(=O)N[C@@H](CC(N)=O)C(=O)N1CCC[C@H]1C(=O)N[C@@H](CCCCN)C(=O)N[C@@H](CCCCN)C(=O)O)[C@@H](C)O. The summed E-state index contributed by atoms with van der Waals surface area (Å²) in [6, 6.07) is -13.5. The first-order valence-electron chi connectivity index (χ1n) is 26.9. The van der Waals surface area contributed by atoms with Gasteiger partial charge in [0.25, 0.3) is 0 Å². The lowest BCUT2D eigenvalue weighted by Gasteiger charge is -2.31. The summed E-state index contributed by atoms with van der Waals surface area (Å²) in [4.78, 5) is 171. The summed E-state index contributed by atoms with van der Waals surface area (Å²) in [7, 11) is 0. The van der Waals surface area contributed by atoms with E-state index in [0.717, 1.165) is 11.8 Å². The highest BCUT2D eigenvalue weighted by Gasteiger charge is 2.41. The average Bonchev–Trinajstić information content (AvgIpc) is 3.89. The highest BCUT2D eigenvalue weighted by molar-refractivity contribution is 5.99. The fourth-order valence-corrected chi connectivity index (χ4v) is 8.42. The van der Waals surface area contributed by atoms with Crippen LogP contribution in [0.5, 0.6) is 0 Å². The number of primary amides is 1. The van der Waals surface area contributed by atoms with Crippen LogP contribution >= 0.6 is 0 Å². The predicted octanol–water partition coefficient (Wildman–Crippen LogP) is -5.68. The summed E-state index contributed by atoms with van der Waals surface area (Å²) in [5, 5.41) is 58.4. The fraction of sp³-hybridized carbons (Fsp3) is 0.735. The number of carboxylic acids is 3. The lowest BCUT2D eigenvalue weighted by Crippen LogP contribution is -2.62. The molecule has 0 radical (unpaired) electrons. The number of hydrogen-bond acceptors (Lipinski definition) is 18. The molecule has 31 heteroatoms. The standard InChI is InChI=1S/C49H86N14O17/c1-26(2)23-28(53)41(71)55-25-37(66)56-31(15-17-38(67)68)43(73)57-30(12-5-8-20-51)45(75)62-40(27(3)64)47(77)59-32(16-18-39(69)70)44(74)61-34(24-36(54)65)48(78)63-22-10-14-35(63)46(76)58-29(11-4-7-19-50)42(72)60-33(49(79)80)13-6-9-21-52/h26-35,40,64H,4-25,50-53H2,1-3H3,(H2,54,65)(H,55,71)(H,56,66)(H,57,73)(H,58,76)(H,59,77)(H,60,72)(H,61,74)(H,62,75)(H,67,68)(H,69,70)(H,79,80)/t27-,28+,29+,30+,31+,32+,33+,34+,35+,40+/m1/s1. The van der Waals surface area contributed by atoms with E-state index in [4.69, 9.17) is 28.7 Å². The van der Waals surface area contributed by atoms with Crippen LogP contribution in [-0.2, 0) is 62.3 Å². The Bertz CT molecular complexity index is 2120. The molecule has 1 saturated heterocycles. The second-order valence-electron chi connectivity index (χ2n) is 20.0. The number of likely N-dealkylation sites (tertiary alicyclic amines) is 1. The van der Waals surface area contributed by atoms with Crippen molar-refractivity contribution in [3.05, 3.63) is 0 Å². The summed E-state index contributed by atoms with van der Waals surface area (Å²) in [6.07, 6.45) is -2.47. The van der Waals surface area contributed by atoms with Crippen LogP contribution in [-0.4, -0.2) is 196 Å². The molecule has 0 aromatic carbocycles. The monoisotopic (exact) mass is 1140 g/mol. The van der Waals surface area contributed by atoms with Crippen molar-refractivity contribution in [2.45, 2.75) is 190 Å². The number of rotatable bonds is 41. The lowest BCUT2D eigenvalue weighted by molar-refractivity contribution is -0.144.